The van der Waals surface area contributed by atoms with Gasteiger partial charge in [0.2, 0.25) is 5.91 Å². The second-order valence-corrected chi connectivity index (χ2v) is 16.8. The predicted molar refractivity (Wildman–Crippen MR) is 234 cm³/mol. The van der Waals surface area contributed by atoms with E-state index in [2.05, 4.69) is 55.6 Å². The van der Waals surface area contributed by atoms with Crippen LogP contribution in [-0.4, -0.2) is 54.3 Å². The number of carbonyl (C=O) groups is 2. The van der Waals surface area contributed by atoms with Crippen molar-refractivity contribution in [3.63, 3.8) is 0 Å². The molecule has 0 bridgehead atoms. The molecular formula is C46H86NO8P. The number of hydrogen-bond acceptors (Lipinski definition) is 7. The van der Waals surface area contributed by atoms with Crippen LogP contribution in [0.2, 0.25) is 0 Å². The first kappa shape index (κ1) is 54.2. The van der Waals surface area contributed by atoms with E-state index in [9.17, 15) is 24.2 Å². The Hall–Kier alpha value is -1.77. The van der Waals surface area contributed by atoms with Gasteiger partial charge in [-0.15, -0.1) is 0 Å². The summed E-state index contributed by atoms with van der Waals surface area (Å²) in [5, 5.41) is 12.7. The summed E-state index contributed by atoms with van der Waals surface area (Å²) in [5.41, 5.74) is 0. The molecule has 0 saturated carbocycles. The number of ether oxygens (including phenoxy) is 1. The van der Waals surface area contributed by atoms with Gasteiger partial charge >= 0.3 is 13.8 Å². The molecule has 0 rings (SSSR count). The van der Waals surface area contributed by atoms with E-state index in [1.807, 2.05) is 0 Å². The fraction of sp³-hybridized carbons (Fsp3) is 0.826. The first-order valence-electron chi connectivity index (χ1n) is 23.0. The molecule has 0 spiro atoms. The minimum absolute atomic E-state index is 0.0789. The molecule has 56 heavy (non-hydrogen) atoms. The number of nitrogens with one attached hydrogen (secondary N) is 1. The van der Waals surface area contributed by atoms with E-state index in [0.717, 1.165) is 57.8 Å². The molecule has 0 aliphatic carbocycles. The number of rotatable bonds is 43. The molecule has 10 heteroatoms. The molecule has 0 aliphatic rings. The average molecular weight is 812 g/mol. The number of aliphatic hydroxyl groups is 1. The van der Waals surface area contributed by atoms with Gasteiger partial charge in [0.15, 0.2) is 0 Å². The van der Waals surface area contributed by atoms with Gasteiger partial charge in [0.05, 0.1) is 13.2 Å². The molecule has 0 aromatic carbocycles. The number of esters is 1. The molecule has 0 saturated heterocycles. The second kappa shape index (κ2) is 42.8. The Balaban J connectivity index is 3.60. The third-order valence-electron chi connectivity index (χ3n) is 9.79. The Morgan fingerprint density at radius 3 is 1.46 bits per heavy atom. The molecule has 2 unspecified atom stereocenters. The third kappa shape index (κ3) is 43.4. The highest BCUT2D eigenvalue weighted by Crippen LogP contribution is 2.42. The molecule has 9 nitrogen and oxygen atoms in total. The molecule has 0 heterocycles. The minimum atomic E-state index is -4.42. The van der Waals surface area contributed by atoms with Crippen LogP contribution in [0.5, 0.6) is 0 Å². The van der Waals surface area contributed by atoms with Gasteiger partial charge in [-0.1, -0.05) is 166 Å². The first-order valence-corrected chi connectivity index (χ1v) is 24.5. The van der Waals surface area contributed by atoms with E-state index in [1.165, 1.54) is 128 Å². The Kier molecular flexibility index (Phi) is 41.5. The molecule has 0 radical (unpaired) electrons. The molecule has 0 fully saturated rings. The minimum Gasteiger partial charge on any atom is -0.463 e. The van der Waals surface area contributed by atoms with Crippen molar-refractivity contribution in [1.82, 2.24) is 5.32 Å². The lowest BCUT2D eigenvalue weighted by Gasteiger charge is -2.15. The largest absolute Gasteiger partial charge is 0.472 e. The molecule has 2 atom stereocenters. The van der Waals surface area contributed by atoms with Crippen molar-refractivity contribution in [1.29, 1.82) is 0 Å². The van der Waals surface area contributed by atoms with Gasteiger partial charge in [-0.25, -0.2) is 4.57 Å². The molecule has 328 valence electrons. The zero-order chi connectivity index (χ0) is 41.1. The highest BCUT2D eigenvalue weighted by atomic mass is 31.2. The number of phosphoric ester groups is 1. The summed E-state index contributed by atoms with van der Waals surface area (Å²) in [6.45, 7) is 3.53. The van der Waals surface area contributed by atoms with Crippen LogP contribution in [-0.2, 0) is 27.9 Å². The van der Waals surface area contributed by atoms with Crippen molar-refractivity contribution in [2.24, 2.45) is 0 Å². The van der Waals surface area contributed by atoms with E-state index in [1.54, 1.807) is 0 Å². The Morgan fingerprint density at radius 1 is 0.554 bits per heavy atom. The van der Waals surface area contributed by atoms with Gasteiger partial charge in [0.1, 0.15) is 12.7 Å². The van der Waals surface area contributed by atoms with Crippen LogP contribution in [0.15, 0.2) is 36.5 Å². The lowest BCUT2D eigenvalue weighted by molar-refractivity contribution is -0.147. The first-order chi connectivity index (χ1) is 27.3. The van der Waals surface area contributed by atoms with Crippen molar-refractivity contribution in [3.05, 3.63) is 36.5 Å². The van der Waals surface area contributed by atoms with Crippen LogP contribution < -0.4 is 5.32 Å². The van der Waals surface area contributed by atoms with Gasteiger partial charge in [0.25, 0.3) is 0 Å². The monoisotopic (exact) mass is 812 g/mol. The standard InChI is InChI=1S/C46H86NO8P/c1-3-5-7-9-11-13-15-17-19-21-23-25-27-29-31-33-35-37-39-46(50)53-42-44(48)43-55-56(51,52)54-41-40-47-45(49)38-36-34-32-30-28-26-24-22-20-18-16-14-12-10-8-6-4-2/h13,15,18-21,44,48H,3-12,14,16-17,22-43H2,1-2H3,(H,47,49)(H,51,52)/b15-13-,20-18-,21-19-. The number of phosphoric acid groups is 1. The number of amides is 1. The van der Waals surface area contributed by atoms with E-state index in [4.69, 9.17) is 13.8 Å². The van der Waals surface area contributed by atoms with Crippen LogP contribution in [0.25, 0.3) is 0 Å². The maximum absolute atomic E-state index is 12.1. The third-order valence-corrected chi connectivity index (χ3v) is 10.8. The van der Waals surface area contributed by atoms with E-state index >= 15 is 0 Å². The van der Waals surface area contributed by atoms with Crippen LogP contribution in [0, 0.1) is 0 Å². The second-order valence-electron chi connectivity index (χ2n) is 15.4. The lowest BCUT2D eigenvalue weighted by Crippen LogP contribution is -2.27. The Morgan fingerprint density at radius 2 is 0.964 bits per heavy atom. The van der Waals surface area contributed by atoms with Crippen LogP contribution in [0.3, 0.4) is 0 Å². The summed E-state index contributed by atoms with van der Waals surface area (Å²) in [4.78, 5) is 33.9. The van der Waals surface area contributed by atoms with Gasteiger partial charge in [-0.05, 0) is 70.6 Å². The van der Waals surface area contributed by atoms with Crippen molar-refractivity contribution < 1.29 is 37.9 Å². The highest BCUT2D eigenvalue weighted by molar-refractivity contribution is 7.47. The van der Waals surface area contributed by atoms with E-state index < -0.39 is 26.5 Å². The number of carbonyl (C=O) groups excluding carboxylic acids is 2. The zero-order valence-electron chi connectivity index (χ0n) is 36.1. The number of aliphatic hydroxyl groups excluding tert-OH is 1. The summed E-state index contributed by atoms with van der Waals surface area (Å²) < 4.78 is 26.9. The molecular weight excluding hydrogens is 725 g/mol. The van der Waals surface area contributed by atoms with Gasteiger partial charge in [0, 0.05) is 19.4 Å². The predicted octanol–water partition coefficient (Wildman–Crippen LogP) is 12.9. The molecule has 1 amide bonds. The van der Waals surface area contributed by atoms with Gasteiger partial charge in [-0.3, -0.25) is 18.6 Å². The van der Waals surface area contributed by atoms with Gasteiger partial charge < -0.3 is 20.1 Å². The number of allylic oxidation sites excluding steroid dienone is 6. The normalized spacial score (nSPS) is 13.6. The van der Waals surface area contributed by atoms with Crippen LogP contribution >= 0.6 is 7.82 Å². The van der Waals surface area contributed by atoms with Crippen LogP contribution in [0.4, 0.5) is 0 Å². The molecule has 0 aliphatic heterocycles. The van der Waals surface area contributed by atoms with Gasteiger partial charge in [-0.2, -0.15) is 0 Å². The quantitative estimate of drug-likeness (QED) is 0.0240. The number of hydrogen-bond donors (Lipinski definition) is 3. The molecule has 3 N–H and O–H groups in total. The van der Waals surface area contributed by atoms with Crippen LogP contribution in [0.1, 0.15) is 213 Å². The SMILES string of the molecule is CCCCCC/C=C\C/C=C\CCCCCCCCCC(=O)OCC(O)COP(=O)(O)OCCNC(=O)CCCCCCCCC/C=C\CCCCCCCC. The summed E-state index contributed by atoms with van der Waals surface area (Å²) in [6, 6.07) is 0. The van der Waals surface area contributed by atoms with Crippen molar-refractivity contribution >= 4 is 19.7 Å². The lowest BCUT2D eigenvalue weighted by atomic mass is 10.1. The van der Waals surface area contributed by atoms with E-state index in [0.29, 0.717) is 6.42 Å². The Labute approximate surface area is 343 Å². The smallest absolute Gasteiger partial charge is 0.463 e. The summed E-state index contributed by atoms with van der Waals surface area (Å²) >= 11 is 0. The van der Waals surface area contributed by atoms with E-state index in [-0.39, 0.29) is 32.1 Å². The van der Waals surface area contributed by atoms with Crippen molar-refractivity contribution in [2.75, 3.05) is 26.4 Å². The average Bonchev–Trinajstić information content (AvgIpc) is 3.18. The maximum atomic E-state index is 12.1. The molecule has 0 aromatic rings. The zero-order valence-corrected chi connectivity index (χ0v) is 37.0. The fourth-order valence-corrected chi connectivity index (χ4v) is 7.04. The summed E-state index contributed by atoms with van der Waals surface area (Å²) in [6.07, 6.45) is 47.8. The summed E-state index contributed by atoms with van der Waals surface area (Å²) in [5.74, 6) is -0.525. The maximum Gasteiger partial charge on any atom is 0.472 e. The topological polar surface area (TPSA) is 131 Å². The molecule has 0 aromatic heterocycles. The Bertz CT molecular complexity index is 1020. The fourth-order valence-electron chi connectivity index (χ4n) is 6.29. The summed E-state index contributed by atoms with van der Waals surface area (Å²) in [7, 11) is -4.42. The highest BCUT2D eigenvalue weighted by Gasteiger charge is 2.23. The van der Waals surface area contributed by atoms with Crippen molar-refractivity contribution in [3.8, 4) is 0 Å². The number of unbranched alkanes of at least 4 members (excludes halogenated alkanes) is 24. The van der Waals surface area contributed by atoms with Crippen molar-refractivity contribution in [2.45, 2.75) is 219 Å².